The van der Waals surface area contributed by atoms with Gasteiger partial charge in [0.25, 0.3) is 5.91 Å². The zero-order valence-corrected chi connectivity index (χ0v) is 17.2. The maximum Gasteiger partial charge on any atom is 0.251 e. The van der Waals surface area contributed by atoms with Crippen LogP contribution in [0.1, 0.15) is 31.2 Å². The van der Waals surface area contributed by atoms with Crippen molar-refractivity contribution in [1.82, 2.24) is 4.90 Å². The monoisotopic (exact) mass is 410 g/mol. The predicted octanol–water partition coefficient (Wildman–Crippen LogP) is 3.81. The molecule has 0 aliphatic carbocycles. The third-order valence-electron chi connectivity index (χ3n) is 6.30. The van der Waals surface area contributed by atoms with E-state index in [4.69, 9.17) is 4.74 Å². The predicted molar refractivity (Wildman–Crippen MR) is 113 cm³/mol. The molecule has 0 radical (unpaired) electrons. The minimum atomic E-state index is -0.398. The Morgan fingerprint density at radius 2 is 1.67 bits per heavy atom. The van der Waals surface area contributed by atoms with Crippen molar-refractivity contribution in [2.24, 2.45) is 5.92 Å². The van der Waals surface area contributed by atoms with Crippen LogP contribution in [0.3, 0.4) is 0 Å². The van der Waals surface area contributed by atoms with E-state index in [1.165, 1.54) is 34.7 Å². The smallest absolute Gasteiger partial charge is 0.251 e. The summed E-state index contributed by atoms with van der Waals surface area (Å²) in [5.41, 5.74) is 1.76. The number of methoxy groups -OCH3 is 1. The number of nitrogens with zero attached hydrogens (tertiary/aromatic N) is 2. The molecule has 5 nitrogen and oxygen atoms in total. The van der Waals surface area contributed by atoms with E-state index in [9.17, 15) is 14.0 Å². The largest absolute Gasteiger partial charge is 0.497 e. The van der Waals surface area contributed by atoms with Gasteiger partial charge >= 0.3 is 0 Å². The van der Waals surface area contributed by atoms with Crippen LogP contribution in [-0.2, 0) is 16.0 Å². The molecule has 2 aliphatic rings. The zero-order chi connectivity index (χ0) is 21.1. The van der Waals surface area contributed by atoms with Gasteiger partial charge in [-0.25, -0.2) is 9.29 Å². The van der Waals surface area contributed by atoms with Crippen molar-refractivity contribution >= 4 is 17.5 Å². The highest BCUT2D eigenvalue weighted by atomic mass is 19.1. The molecule has 0 saturated carbocycles. The number of aryl methyl sites for hydroxylation is 1. The van der Waals surface area contributed by atoms with E-state index in [1.54, 1.807) is 7.11 Å². The van der Waals surface area contributed by atoms with Crippen molar-refractivity contribution in [1.29, 1.82) is 0 Å². The molecule has 4 rings (SSSR count). The summed E-state index contributed by atoms with van der Waals surface area (Å²) in [6, 6.07) is 13.3. The number of carbonyl (C=O) groups excluding carboxylic acids is 2. The topological polar surface area (TPSA) is 49.9 Å². The summed E-state index contributed by atoms with van der Waals surface area (Å²) >= 11 is 0. The highest BCUT2D eigenvalue weighted by molar-refractivity contribution is 6.22. The lowest BCUT2D eigenvalue weighted by molar-refractivity contribution is -0.123. The molecule has 0 bridgehead atoms. The number of ether oxygens (including phenoxy) is 1. The average Bonchev–Trinajstić information content (AvgIpc) is 3.07. The van der Waals surface area contributed by atoms with Crippen molar-refractivity contribution < 1.29 is 18.7 Å². The maximum absolute atomic E-state index is 13.2. The first-order chi connectivity index (χ1) is 14.5. The van der Waals surface area contributed by atoms with E-state index >= 15 is 0 Å². The number of hydrogen-bond donors (Lipinski definition) is 0. The third kappa shape index (κ3) is 4.38. The van der Waals surface area contributed by atoms with Crippen molar-refractivity contribution in [3.63, 3.8) is 0 Å². The number of halogens is 1. The van der Waals surface area contributed by atoms with E-state index in [0.29, 0.717) is 11.6 Å². The van der Waals surface area contributed by atoms with Crippen LogP contribution in [0.5, 0.6) is 5.75 Å². The number of anilines is 1. The normalized spacial score (nSPS) is 20.7. The molecule has 6 heteroatoms. The van der Waals surface area contributed by atoms with Crippen molar-refractivity contribution in [2.45, 2.75) is 38.1 Å². The molecule has 30 heavy (non-hydrogen) atoms. The van der Waals surface area contributed by atoms with Gasteiger partial charge < -0.3 is 4.74 Å². The minimum Gasteiger partial charge on any atom is -0.497 e. The van der Waals surface area contributed by atoms with Gasteiger partial charge in [0.05, 0.1) is 25.3 Å². The summed E-state index contributed by atoms with van der Waals surface area (Å²) in [6.07, 6.45) is 4.43. The average molecular weight is 410 g/mol. The van der Waals surface area contributed by atoms with Crippen LogP contribution >= 0.6 is 0 Å². The fourth-order valence-electron chi connectivity index (χ4n) is 4.48. The zero-order valence-electron chi connectivity index (χ0n) is 17.2. The first-order valence-electron chi connectivity index (χ1n) is 10.5. The summed E-state index contributed by atoms with van der Waals surface area (Å²) < 4.78 is 18.4. The van der Waals surface area contributed by atoms with Gasteiger partial charge in [0, 0.05) is 0 Å². The van der Waals surface area contributed by atoms with Gasteiger partial charge in [-0.2, -0.15) is 0 Å². The van der Waals surface area contributed by atoms with Crippen LogP contribution in [0.15, 0.2) is 48.5 Å². The standard InChI is InChI=1S/C24H27FN2O3/c1-30-21-10-4-17(5-11-21)2-3-18-12-14-26(15-13-18)22-16-23(28)27(24(22)29)20-8-6-19(25)7-9-20/h4-11,18,22H,2-3,12-16H2,1H3/t22-/m0/s1. The first kappa shape index (κ1) is 20.5. The van der Waals surface area contributed by atoms with Crippen molar-refractivity contribution in [3.8, 4) is 5.75 Å². The number of rotatable bonds is 6. The Kier molecular flexibility index (Phi) is 6.13. The highest BCUT2D eigenvalue weighted by Gasteiger charge is 2.43. The SMILES string of the molecule is COc1ccc(CCC2CCN([C@H]3CC(=O)N(c4ccc(F)cc4)C3=O)CC2)cc1. The molecule has 2 aliphatic heterocycles. The maximum atomic E-state index is 13.2. The number of likely N-dealkylation sites (tertiary alicyclic amines) is 1. The summed E-state index contributed by atoms with van der Waals surface area (Å²) in [6.45, 7) is 1.66. The molecule has 2 amide bonds. The number of carbonyl (C=O) groups is 2. The van der Waals surface area contributed by atoms with E-state index < -0.39 is 6.04 Å². The van der Waals surface area contributed by atoms with Crippen molar-refractivity contribution in [2.75, 3.05) is 25.1 Å². The molecule has 1 atom stereocenters. The number of benzene rings is 2. The Labute approximate surface area is 176 Å². The van der Waals surface area contributed by atoms with E-state index in [1.807, 2.05) is 12.1 Å². The van der Waals surface area contributed by atoms with Crippen LogP contribution in [0.25, 0.3) is 0 Å². The molecule has 0 N–H and O–H groups in total. The van der Waals surface area contributed by atoms with Gasteiger partial charge in [-0.15, -0.1) is 0 Å². The Balaban J connectivity index is 1.30. The summed E-state index contributed by atoms with van der Waals surface area (Å²) in [5.74, 6) is 0.717. The summed E-state index contributed by atoms with van der Waals surface area (Å²) in [7, 11) is 1.67. The quantitative estimate of drug-likeness (QED) is 0.680. The Bertz CT molecular complexity index is 890. The second kappa shape index (κ2) is 8.96. The lowest BCUT2D eigenvalue weighted by atomic mass is 9.90. The Morgan fingerprint density at radius 1 is 1.00 bits per heavy atom. The van der Waals surface area contributed by atoms with Gasteiger partial charge in [-0.05, 0) is 86.7 Å². The molecular formula is C24H27FN2O3. The lowest BCUT2D eigenvalue weighted by Gasteiger charge is -2.34. The summed E-state index contributed by atoms with van der Waals surface area (Å²) in [5, 5.41) is 0. The van der Waals surface area contributed by atoms with Crippen LogP contribution < -0.4 is 9.64 Å². The van der Waals surface area contributed by atoms with E-state index in [0.717, 1.165) is 44.5 Å². The highest BCUT2D eigenvalue weighted by Crippen LogP contribution is 2.30. The van der Waals surface area contributed by atoms with E-state index in [-0.39, 0.29) is 24.1 Å². The fraction of sp³-hybridized carbons (Fsp3) is 0.417. The Hall–Kier alpha value is -2.73. The van der Waals surface area contributed by atoms with Crippen LogP contribution in [-0.4, -0.2) is 43.0 Å². The van der Waals surface area contributed by atoms with Crippen LogP contribution in [0.4, 0.5) is 10.1 Å². The lowest BCUT2D eigenvalue weighted by Crippen LogP contribution is -2.46. The molecule has 2 heterocycles. The number of piperidine rings is 1. The van der Waals surface area contributed by atoms with Crippen molar-refractivity contribution in [3.05, 3.63) is 59.9 Å². The molecular weight excluding hydrogens is 383 g/mol. The molecule has 2 aromatic carbocycles. The second-order valence-corrected chi connectivity index (χ2v) is 8.13. The number of imide groups is 1. The van der Waals surface area contributed by atoms with Gasteiger partial charge in [0.1, 0.15) is 11.6 Å². The Morgan fingerprint density at radius 3 is 2.30 bits per heavy atom. The van der Waals surface area contributed by atoms with Crippen LogP contribution in [0.2, 0.25) is 0 Å². The molecule has 2 aromatic rings. The van der Waals surface area contributed by atoms with Crippen LogP contribution in [0, 0.1) is 11.7 Å². The molecule has 2 saturated heterocycles. The molecule has 0 aromatic heterocycles. The number of hydrogen-bond acceptors (Lipinski definition) is 4. The van der Waals surface area contributed by atoms with Gasteiger partial charge in [0.2, 0.25) is 5.91 Å². The first-order valence-corrected chi connectivity index (χ1v) is 10.5. The minimum absolute atomic E-state index is 0.191. The third-order valence-corrected chi connectivity index (χ3v) is 6.30. The van der Waals surface area contributed by atoms with E-state index in [2.05, 4.69) is 17.0 Å². The number of amides is 2. The fourth-order valence-corrected chi connectivity index (χ4v) is 4.48. The van der Waals surface area contributed by atoms with Gasteiger partial charge in [0.15, 0.2) is 0 Å². The molecule has 158 valence electrons. The molecule has 2 fully saturated rings. The molecule has 0 spiro atoms. The second-order valence-electron chi connectivity index (χ2n) is 8.13. The summed E-state index contributed by atoms with van der Waals surface area (Å²) in [4.78, 5) is 28.7. The molecule has 0 unspecified atom stereocenters. The van der Waals surface area contributed by atoms with Gasteiger partial charge in [-0.1, -0.05) is 12.1 Å². The van der Waals surface area contributed by atoms with Gasteiger partial charge in [-0.3, -0.25) is 14.5 Å².